The smallest absolute Gasteiger partial charge is 0.255 e. The predicted molar refractivity (Wildman–Crippen MR) is 131 cm³/mol. The van der Waals surface area contributed by atoms with Crippen LogP contribution in [0.15, 0.2) is 65.6 Å². The summed E-state index contributed by atoms with van der Waals surface area (Å²) >= 11 is 0. The number of rotatable bonds is 8. The number of hydrogen-bond donors (Lipinski definition) is 1. The van der Waals surface area contributed by atoms with E-state index in [-0.39, 0.29) is 17.3 Å². The largest absolute Gasteiger partial charge is 0.494 e. The van der Waals surface area contributed by atoms with Crippen molar-refractivity contribution >= 4 is 21.6 Å². The van der Waals surface area contributed by atoms with Crippen LogP contribution >= 0.6 is 0 Å². The summed E-state index contributed by atoms with van der Waals surface area (Å²) in [5.41, 5.74) is 4.74. The van der Waals surface area contributed by atoms with Gasteiger partial charge >= 0.3 is 0 Å². The molecule has 0 saturated heterocycles. The Kier molecular flexibility index (Phi) is 7.56. The first-order valence-corrected chi connectivity index (χ1v) is 12.2. The summed E-state index contributed by atoms with van der Waals surface area (Å²) in [6.07, 6.45) is 0. The highest BCUT2D eigenvalue weighted by Gasteiger charge is 2.23. The third kappa shape index (κ3) is 5.61. The maximum atomic E-state index is 13.1. The van der Waals surface area contributed by atoms with Gasteiger partial charge in [-0.25, -0.2) is 8.42 Å². The minimum absolute atomic E-state index is 0.0655. The second-order valence-electron chi connectivity index (χ2n) is 8.05. The van der Waals surface area contributed by atoms with E-state index in [1.54, 1.807) is 42.5 Å². The fourth-order valence-electron chi connectivity index (χ4n) is 3.55. The van der Waals surface area contributed by atoms with Crippen molar-refractivity contribution in [3.63, 3.8) is 0 Å². The van der Waals surface area contributed by atoms with Gasteiger partial charge in [0.25, 0.3) is 5.91 Å². The van der Waals surface area contributed by atoms with Gasteiger partial charge in [-0.15, -0.1) is 0 Å². The summed E-state index contributed by atoms with van der Waals surface area (Å²) in [5, 5.41) is 2.98. The predicted octanol–water partition coefficient (Wildman–Crippen LogP) is 5.08. The molecule has 0 atom stereocenters. The second-order valence-corrected chi connectivity index (χ2v) is 10.1. The van der Waals surface area contributed by atoms with Crippen LogP contribution in [0.5, 0.6) is 5.75 Å². The van der Waals surface area contributed by atoms with Crippen molar-refractivity contribution in [2.24, 2.45) is 0 Å². The lowest BCUT2D eigenvalue weighted by Crippen LogP contribution is -2.27. The maximum Gasteiger partial charge on any atom is 0.255 e. The number of nitrogens with one attached hydrogen (secondary N) is 1. The van der Waals surface area contributed by atoms with E-state index in [9.17, 15) is 13.2 Å². The molecule has 1 N–H and O–H groups in total. The Labute approximate surface area is 196 Å². The Morgan fingerprint density at radius 3 is 2.21 bits per heavy atom. The third-order valence-corrected chi connectivity index (χ3v) is 7.28. The molecule has 174 valence electrons. The molecule has 3 rings (SSSR count). The van der Waals surface area contributed by atoms with Gasteiger partial charge in [0.05, 0.1) is 11.5 Å². The Hall–Kier alpha value is -3.16. The van der Waals surface area contributed by atoms with E-state index >= 15 is 0 Å². The molecule has 0 heterocycles. The van der Waals surface area contributed by atoms with Crippen LogP contribution < -0.4 is 10.1 Å². The standard InChI is InChI=1S/C26H30N2O4S/c1-6-32-24-15-12-21(26(29)27-25-19(3)8-7-9-20(25)4)16-22(24)17-28(5)33(30,31)23-13-10-18(2)11-14-23/h7-16H,6,17H2,1-5H3,(H,27,29). The molecule has 0 fully saturated rings. The summed E-state index contributed by atoms with van der Waals surface area (Å²) < 4.78 is 33.1. The van der Waals surface area contributed by atoms with Crippen LogP contribution in [0.3, 0.4) is 0 Å². The van der Waals surface area contributed by atoms with Gasteiger partial charge in [-0.1, -0.05) is 35.9 Å². The first-order chi connectivity index (χ1) is 15.6. The van der Waals surface area contributed by atoms with Crippen molar-refractivity contribution in [3.8, 4) is 5.75 Å². The highest BCUT2D eigenvalue weighted by atomic mass is 32.2. The average Bonchev–Trinajstić information content (AvgIpc) is 2.77. The van der Waals surface area contributed by atoms with Crippen molar-refractivity contribution in [1.29, 1.82) is 0 Å². The molecular formula is C26H30N2O4S. The molecule has 6 nitrogen and oxygen atoms in total. The zero-order chi connectivity index (χ0) is 24.2. The lowest BCUT2D eigenvalue weighted by atomic mass is 10.1. The van der Waals surface area contributed by atoms with Gasteiger partial charge in [0.15, 0.2) is 0 Å². The van der Waals surface area contributed by atoms with Crippen molar-refractivity contribution in [1.82, 2.24) is 4.31 Å². The zero-order valence-corrected chi connectivity index (χ0v) is 20.5. The molecule has 0 aromatic heterocycles. The first kappa shape index (κ1) is 24.5. The molecule has 0 aliphatic carbocycles. The lowest BCUT2D eigenvalue weighted by Gasteiger charge is -2.20. The van der Waals surface area contributed by atoms with Gasteiger partial charge in [-0.2, -0.15) is 4.31 Å². The molecule has 0 aliphatic rings. The van der Waals surface area contributed by atoms with Gasteiger partial charge in [0.1, 0.15) is 5.75 Å². The molecule has 3 aromatic rings. The maximum absolute atomic E-state index is 13.1. The van der Waals surface area contributed by atoms with E-state index in [1.165, 1.54) is 11.4 Å². The summed E-state index contributed by atoms with van der Waals surface area (Å²) in [4.78, 5) is 13.2. The first-order valence-electron chi connectivity index (χ1n) is 10.8. The molecule has 7 heteroatoms. The van der Waals surface area contributed by atoms with Crippen LogP contribution in [0.4, 0.5) is 5.69 Å². The Morgan fingerprint density at radius 1 is 0.970 bits per heavy atom. The van der Waals surface area contributed by atoms with E-state index < -0.39 is 10.0 Å². The highest BCUT2D eigenvalue weighted by molar-refractivity contribution is 7.89. The number of ether oxygens (including phenoxy) is 1. The SMILES string of the molecule is CCOc1ccc(C(=O)Nc2c(C)cccc2C)cc1CN(C)S(=O)(=O)c1ccc(C)cc1. The van der Waals surface area contributed by atoms with Gasteiger partial charge < -0.3 is 10.1 Å². The van der Waals surface area contributed by atoms with E-state index in [0.29, 0.717) is 23.5 Å². The number of para-hydroxylation sites is 1. The molecule has 0 radical (unpaired) electrons. The monoisotopic (exact) mass is 466 g/mol. The van der Waals surface area contributed by atoms with Crippen molar-refractivity contribution in [3.05, 3.63) is 88.5 Å². The van der Waals surface area contributed by atoms with E-state index in [2.05, 4.69) is 5.32 Å². The van der Waals surface area contributed by atoms with Crippen molar-refractivity contribution < 1.29 is 17.9 Å². The van der Waals surface area contributed by atoms with Gasteiger partial charge in [-0.05, 0) is 69.2 Å². The van der Waals surface area contributed by atoms with Crippen LogP contribution in [0.1, 0.15) is 39.5 Å². The number of amides is 1. The zero-order valence-electron chi connectivity index (χ0n) is 19.7. The topological polar surface area (TPSA) is 75.7 Å². The fourth-order valence-corrected chi connectivity index (χ4v) is 4.70. The van der Waals surface area contributed by atoms with Gasteiger partial charge in [0, 0.05) is 30.4 Å². The Morgan fingerprint density at radius 2 is 1.61 bits per heavy atom. The molecule has 3 aromatic carbocycles. The average molecular weight is 467 g/mol. The van der Waals surface area contributed by atoms with E-state index in [1.807, 2.05) is 45.9 Å². The molecule has 33 heavy (non-hydrogen) atoms. The minimum atomic E-state index is -3.70. The van der Waals surface area contributed by atoms with Crippen LogP contribution in [-0.4, -0.2) is 32.3 Å². The van der Waals surface area contributed by atoms with E-state index in [4.69, 9.17) is 4.74 Å². The van der Waals surface area contributed by atoms with Gasteiger partial charge in [0.2, 0.25) is 10.0 Å². The molecule has 0 unspecified atom stereocenters. The normalized spacial score (nSPS) is 11.5. The summed E-state index contributed by atoms with van der Waals surface area (Å²) in [5.74, 6) is 0.285. The van der Waals surface area contributed by atoms with Crippen molar-refractivity contribution in [2.75, 3.05) is 19.0 Å². The van der Waals surface area contributed by atoms with Crippen LogP contribution in [-0.2, 0) is 16.6 Å². The molecule has 0 bridgehead atoms. The fraction of sp³-hybridized carbons (Fsp3) is 0.269. The highest BCUT2D eigenvalue weighted by Crippen LogP contribution is 2.26. The number of benzene rings is 3. The number of aryl methyl sites for hydroxylation is 3. The molecule has 1 amide bonds. The number of anilines is 1. The van der Waals surface area contributed by atoms with E-state index in [0.717, 1.165) is 22.4 Å². The second kappa shape index (κ2) is 10.2. The number of nitrogens with zero attached hydrogens (tertiary/aromatic N) is 1. The minimum Gasteiger partial charge on any atom is -0.494 e. The summed E-state index contributed by atoms with van der Waals surface area (Å²) in [6.45, 7) is 8.14. The summed E-state index contributed by atoms with van der Waals surface area (Å²) in [7, 11) is -2.18. The molecule has 0 spiro atoms. The quantitative estimate of drug-likeness (QED) is 0.502. The number of sulfonamides is 1. The third-order valence-electron chi connectivity index (χ3n) is 5.46. The Bertz CT molecular complexity index is 1230. The van der Waals surface area contributed by atoms with Gasteiger partial charge in [-0.3, -0.25) is 4.79 Å². The number of hydrogen-bond acceptors (Lipinski definition) is 4. The van der Waals surface area contributed by atoms with Crippen LogP contribution in [0.25, 0.3) is 0 Å². The van der Waals surface area contributed by atoms with Crippen LogP contribution in [0.2, 0.25) is 0 Å². The number of carbonyl (C=O) groups is 1. The Balaban J connectivity index is 1.90. The number of carbonyl (C=O) groups excluding carboxylic acids is 1. The lowest BCUT2D eigenvalue weighted by molar-refractivity contribution is 0.102. The van der Waals surface area contributed by atoms with Crippen LogP contribution in [0, 0.1) is 20.8 Å². The summed E-state index contributed by atoms with van der Waals surface area (Å²) in [6, 6.07) is 17.6. The molecule has 0 aliphatic heterocycles. The molecular weight excluding hydrogens is 436 g/mol. The van der Waals surface area contributed by atoms with Crippen molar-refractivity contribution in [2.45, 2.75) is 39.1 Å². The molecule has 0 saturated carbocycles.